The minimum Gasteiger partial charge on any atom is -0.454 e. The third kappa shape index (κ3) is 5.58. The van der Waals surface area contributed by atoms with Crippen molar-refractivity contribution in [2.45, 2.75) is 31.8 Å². The van der Waals surface area contributed by atoms with Gasteiger partial charge in [-0.2, -0.15) is 0 Å². The molecule has 2 aromatic rings. The Morgan fingerprint density at radius 3 is 2.69 bits per heavy atom. The van der Waals surface area contributed by atoms with Crippen LogP contribution < -0.4 is 4.90 Å². The summed E-state index contributed by atoms with van der Waals surface area (Å²) in [5.74, 6) is -0.242. The summed E-state index contributed by atoms with van der Waals surface area (Å²) in [6.07, 6.45) is 5.79. The molecule has 0 spiro atoms. The summed E-state index contributed by atoms with van der Waals surface area (Å²) < 4.78 is 5.32. The zero-order chi connectivity index (χ0) is 20.8. The number of esters is 1. The molecule has 9 heteroatoms. The van der Waals surface area contributed by atoms with E-state index in [1.165, 1.54) is 4.90 Å². The number of ether oxygens (including phenoxy) is 1. The Labute approximate surface area is 179 Å². The fraction of sp³-hybridized carbons (Fsp3) is 0.400. The van der Waals surface area contributed by atoms with Crippen LogP contribution in [0, 0.1) is 0 Å². The van der Waals surface area contributed by atoms with Gasteiger partial charge < -0.3 is 14.5 Å². The fourth-order valence-electron chi connectivity index (χ4n) is 3.19. The smallest absolute Gasteiger partial charge is 0.329 e. The molecule has 7 nitrogen and oxygen atoms in total. The van der Waals surface area contributed by atoms with E-state index < -0.39 is 12.0 Å². The maximum Gasteiger partial charge on any atom is 0.329 e. The molecule has 1 fully saturated rings. The molecular weight excluding hydrogens is 415 g/mol. The average Bonchev–Trinajstić information content (AvgIpc) is 2.75. The van der Waals surface area contributed by atoms with Gasteiger partial charge >= 0.3 is 5.97 Å². The summed E-state index contributed by atoms with van der Waals surface area (Å²) >= 11 is 11.9. The van der Waals surface area contributed by atoms with Gasteiger partial charge in [-0.1, -0.05) is 29.3 Å². The Bertz CT molecular complexity index is 866. The van der Waals surface area contributed by atoms with Crippen molar-refractivity contribution in [1.29, 1.82) is 0 Å². The summed E-state index contributed by atoms with van der Waals surface area (Å²) in [6, 6.07) is 6.42. The zero-order valence-electron chi connectivity index (χ0n) is 16.1. The highest BCUT2D eigenvalue weighted by atomic mass is 35.5. The number of hydrogen-bond donors (Lipinski definition) is 0. The molecule has 1 aromatic heterocycles. The van der Waals surface area contributed by atoms with Crippen LogP contribution in [0.4, 0.5) is 5.95 Å². The fourth-order valence-corrected chi connectivity index (χ4v) is 3.52. The number of piperidine rings is 1. The molecule has 1 aliphatic heterocycles. The van der Waals surface area contributed by atoms with Gasteiger partial charge in [-0.25, -0.2) is 14.8 Å². The molecule has 1 atom stereocenters. The van der Waals surface area contributed by atoms with Crippen molar-refractivity contribution in [1.82, 2.24) is 14.9 Å². The number of likely N-dealkylation sites (N-methyl/N-ethyl adjacent to an activating group) is 1. The van der Waals surface area contributed by atoms with E-state index in [0.29, 0.717) is 35.5 Å². The number of aromatic nitrogens is 2. The van der Waals surface area contributed by atoms with Gasteiger partial charge in [0, 0.05) is 32.5 Å². The van der Waals surface area contributed by atoms with Crippen LogP contribution in [-0.2, 0) is 20.9 Å². The van der Waals surface area contributed by atoms with Crippen LogP contribution in [0.15, 0.2) is 36.7 Å². The topological polar surface area (TPSA) is 75.6 Å². The molecule has 29 heavy (non-hydrogen) atoms. The maximum atomic E-state index is 12.6. The van der Waals surface area contributed by atoms with E-state index in [2.05, 4.69) is 9.97 Å². The zero-order valence-corrected chi connectivity index (χ0v) is 17.6. The van der Waals surface area contributed by atoms with E-state index in [-0.39, 0.29) is 12.5 Å². The monoisotopic (exact) mass is 436 g/mol. The Hall–Kier alpha value is -2.38. The third-order valence-electron chi connectivity index (χ3n) is 4.75. The van der Waals surface area contributed by atoms with Gasteiger partial charge in [0.05, 0.1) is 10.0 Å². The number of carbonyl (C=O) groups is 2. The lowest BCUT2D eigenvalue weighted by molar-refractivity contribution is -0.153. The number of rotatable bonds is 6. The Morgan fingerprint density at radius 2 is 1.97 bits per heavy atom. The van der Waals surface area contributed by atoms with Crippen LogP contribution >= 0.6 is 23.2 Å². The third-order valence-corrected chi connectivity index (χ3v) is 5.49. The highest BCUT2D eigenvalue weighted by Gasteiger charge is 2.32. The molecule has 0 N–H and O–H groups in total. The lowest BCUT2D eigenvalue weighted by Gasteiger charge is -2.33. The van der Waals surface area contributed by atoms with E-state index in [1.54, 1.807) is 43.7 Å². The number of carbonyl (C=O) groups excluding carboxylic acids is 2. The molecule has 0 aliphatic carbocycles. The largest absolute Gasteiger partial charge is 0.454 e. The first-order valence-electron chi connectivity index (χ1n) is 9.34. The summed E-state index contributed by atoms with van der Waals surface area (Å²) in [6.45, 7) is 0.687. The quantitative estimate of drug-likeness (QED) is 0.646. The molecule has 2 heterocycles. The molecule has 1 aliphatic rings. The molecule has 1 aromatic carbocycles. The first-order chi connectivity index (χ1) is 14.0. The number of hydrogen-bond acceptors (Lipinski definition) is 6. The summed E-state index contributed by atoms with van der Waals surface area (Å²) in [4.78, 5) is 36.8. The molecule has 0 radical (unpaired) electrons. The van der Waals surface area contributed by atoms with Gasteiger partial charge in [-0.3, -0.25) is 4.79 Å². The molecule has 0 saturated carbocycles. The SMILES string of the molecule is CN(Cc1ccc(Cl)c(Cl)c1)C(=O)COC(=O)C1CCCCN1c1ncccn1. The molecule has 0 bridgehead atoms. The molecule has 154 valence electrons. The lowest BCUT2D eigenvalue weighted by Crippen LogP contribution is -2.47. The average molecular weight is 437 g/mol. The molecular formula is C20H22Cl2N4O3. The van der Waals surface area contributed by atoms with Crippen LogP contribution in [0.5, 0.6) is 0 Å². The molecule has 3 rings (SSSR count). The van der Waals surface area contributed by atoms with Crippen molar-refractivity contribution in [2.24, 2.45) is 0 Å². The minimum atomic E-state index is -0.487. The first-order valence-corrected chi connectivity index (χ1v) is 10.1. The highest BCUT2D eigenvalue weighted by Crippen LogP contribution is 2.24. The predicted molar refractivity (Wildman–Crippen MR) is 111 cm³/mol. The van der Waals surface area contributed by atoms with Crippen molar-refractivity contribution in [3.63, 3.8) is 0 Å². The maximum absolute atomic E-state index is 12.6. The number of anilines is 1. The van der Waals surface area contributed by atoms with Crippen LogP contribution in [0.2, 0.25) is 10.0 Å². The number of halogens is 2. The normalized spacial score (nSPS) is 16.4. The van der Waals surface area contributed by atoms with Crippen molar-refractivity contribution in [2.75, 3.05) is 25.1 Å². The Morgan fingerprint density at radius 1 is 1.21 bits per heavy atom. The van der Waals surface area contributed by atoms with Gasteiger partial charge in [-0.15, -0.1) is 0 Å². The minimum absolute atomic E-state index is 0.303. The second kappa shape index (κ2) is 9.89. The van der Waals surface area contributed by atoms with E-state index in [1.807, 2.05) is 4.90 Å². The second-order valence-corrected chi connectivity index (χ2v) is 7.67. The van der Waals surface area contributed by atoms with Gasteiger partial charge in [0.1, 0.15) is 6.04 Å². The number of benzene rings is 1. The summed E-state index contributed by atoms with van der Waals surface area (Å²) in [7, 11) is 1.64. The van der Waals surface area contributed by atoms with Crippen LogP contribution in [0.25, 0.3) is 0 Å². The van der Waals surface area contributed by atoms with E-state index in [4.69, 9.17) is 27.9 Å². The van der Waals surface area contributed by atoms with Gasteiger partial charge in [-0.05, 0) is 43.0 Å². The number of nitrogens with zero attached hydrogens (tertiary/aromatic N) is 4. The van der Waals surface area contributed by atoms with E-state index in [0.717, 1.165) is 18.4 Å². The lowest BCUT2D eigenvalue weighted by atomic mass is 10.0. The van der Waals surface area contributed by atoms with E-state index in [9.17, 15) is 9.59 Å². The van der Waals surface area contributed by atoms with Crippen molar-refractivity contribution in [3.8, 4) is 0 Å². The summed E-state index contributed by atoms with van der Waals surface area (Å²) in [5, 5.41) is 0.884. The van der Waals surface area contributed by atoms with Crippen molar-refractivity contribution >= 4 is 41.0 Å². The Balaban J connectivity index is 1.55. The van der Waals surface area contributed by atoms with Crippen LogP contribution in [0.1, 0.15) is 24.8 Å². The van der Waals surface area contributed by atoms with Gasteiger partial charge in [0.2, 0.25) is 5.95 Å². The standard InChI is InChI=1S/C20H22Cl2N4O3/c1-25(12-14-6-7-15(21)16(22)11-14)18(27)13-29-19(28)17-5-2-3-10-26(17)20-23-8-4-9-24-20/h4,6-9,11,17H,2-3,5,10,12-13H2,1H3. The second-order valence-electron chi connectivity index (χ2n) is 6.86. The van der Waals surface area contributed by atoms with E-state index >= 15 is 0 Å². The molecule has 1 saturated heterocycles. The summed E-state index contributed by atoms with van der Waals surface area (Å²) in [5.41, 5.74) is 0.834. The Kier molecular flexibility index (Phi) is 7.28. The molecule has 1 unspecified atom stereocenters. The van der Waals surface area contributed by atoms with Gasteiger partial charge in [0.15, 0.2) is 6.61 Å². The highest BCUT2D eigenvalue weighted by molar-refractivity contribution is 6.42. The number of amides is 1. The predicted octanol–water partition coefficient (Wildman–Crippen LogP) is 3.34. The van der Waals surface area contributed by atoms with Crippen molar-refractivity contribution in [3.05, 3.63) is 52.3 Å². The molecule has 1 amide bonds. The first kappa shape index (κ1) is 21.3. The van der Waals surface area contributed by atoms with Gasteiger partial charge in [0.25, 0.3) is 5.91 Å². The van der Waals surface area contributed by atoms with Crippen molar-refractivity contribution < 1.29 is 14.3 Å². The van der Waals surface area contributed by atoms with Crippen LogP contribution in [0.3, 0.4) is 0 Å². The van der Waals surface area contributed by atoms with Crippen LogP contribution in [-0.4, -0.2) is 53.0 Å².